The van der Waals surface area contributed by atoms with E-state index in [2.05, 4.69) is 9.71 Å². The molecule has 7 nitrogen and oxygen atoms in total. The first-order valence-corrected chi connectivity index (χ1v) is 11.9. The number of carbonyl (C=O) groups excluding carboxylic acids is 1. The van der Waals surface area contributed by atoms with Crippen LogP contribution < -0.4 is 14.2 Å². The third kappa shape index (κ3) is 3.75. The third-order valence-corrected chi connectivity index (χ3v) is 7.68. The number of nitrogens with one attached hydrogen (secondary N) is 1. The largest absolute Gasteiger partial charge is 0.454 e. The molecule has 0 amide bonds. The van der Waals surface area contributed by atoms with E-state index in [9.17, 15) is 13.9 Å². The van der Waals surface area contributed by atoms with Crippen LogP contribution in [0.1, 0.15) is 24.1 Å². The Balaban J connectivity index is 1.29. The molecule has 0 radical (unpaired) electrons. The van der Waals surface area contributed by atoms with Crippen molar-refractivity contribution in [3.63, 3.8) is 0 Å². The molecular weight excluding hydrogens is 428 g/mol. The Morgan fingerprint density at radius 2 is 1.75 bits per heavy atom. The lowest BCUT2D eigenvalue weighted by Crippen LogP contribution is -2.22. The lowest BCUT2D eigenvalue weighted by atomic mass is 9.88. The number of Topliss-reactive ketones (excluding diaryl/α,β-unsaturated/α-hetero) is 1. The number of hydrogen-bond donors (Lipinski definition) is 3. The minimum Gasteiger partial charge on any atom is -0.454 e. The molecule has 0 bridgehead atoms. The summed E-state index contributed by atoms with van der Waals surface area (Å²) in [6.07, 6.45) is 3.69. The summed E-state index contributed by atoms with van der Waals surface area (Å²) in [6.45, 7) is 0.219. The molecule has 3 N–H and O–H groups in total. The zero-order chi connectivity index (χ0) is 22.3. The highest BCUT2D eigenvalue weighted by Crippen LogP contribution is 2.51. The standard InChI is InChI=1S/C24H24N2O5S/c1-25-32(28,29)20-7-3-16(4-8-20)17-2-6-19(26-14-17)13-23(27)24(10-11-24)18-5-9-21-22(12-18)31-15-30-21/h2-9,12,14,25,28-29H,10-11,13,15H2,1H3. The van der Waals surface area contributed by atoms with Crippen molar-refractivity contribution < 1.29 is 23.4 Å². The normalized spacial score (nSPS) is 16.6. The Hall–Kier alpha value is -2.91. The van der Waals surface area contributed by atoms with Crippen LogP contribution in [0.5, 0.6) is 11.5 Å². The van der Waals surface area contributed by atoms with Gasteiger partial charge in [0.05, 0.1) is 10.3 Å². The van der Waals surface area contributed by atoms with Gasteiger partial charge in [0.1, 0.15) is 5.78 Å². The second kappa shape index (κ2) is 7.90. The number of rotatable bonds is 7. The van der Waals surface area contributed by atoms with Crippen LogP contribution in [0.15, 0.2) is 65.7 Å². The van der Waals surface area contributed by atoms with E-state index in [1.54, 1.807) is 18.3 Å². The minimum atomic E-state index is -2.97. The topological polar surface area (TPSA) is 101 Å². The molecule has 1 aromatic heterocycles. The van der Waals surface area contributed by atoms with Gasteiger partial charge in [-0.3, -0.25) is 18.9 Å². The Morgan fingerprint density at radius 1 is 1.03 bits per heavy atom. The number of pyridine rings is 1. The van der Waals surface area contributed by atoms with Crippen molar-refractivity contribution in [1.82, 2.24) is 9.71 Å². The summed E-state index contributed by atoms with van der Waals surface area (Å²) in [6, 6.07) is 16.6. The third-order valence-electron chi connectivity index (χ3n) is 6.18. The van der Waals surface area contributed by atoms with Crippen molar-refractivity contribution in [1.29, 1.82) is 0 Å². The van der Waals surface area contributed by atoms with E-state index in [1.165, 1.54) is 7.05 Å². The Morgan fingerprint density at radius 3 is 2.41 bits per heavy atom. The monoisotopic (exact) mass is 452 g/mol. The van der Waals surface area contributed by atoms with Crippen molar-refractivity contribution in [2.75, 3.05) is 13.8 Å². The number of benzene rings is 2. The van der Waals surface area contributed by atoms with Crippen LogP contribution in [0, 0.1) is 0 Å². The lowest BCUT2D eigenvalue weighted by Gasteiger charge is -2.31. The fourth-order valence-electron chi connectivity index (χ4n) is 4.04. The van der Waals surface area contributed by atoms with E-state index < -0.39 is 16.2 Å². The predicted molar refractivity (Wildman–Crippen MR) is 122 cm³/mol. The second-order valence-corrected chi connectivity index (χ2v) is 10.0. The second-order valence-electron chi connectivity index (χ2n) is 8.07. The Bertz CT molecular complexity index is 1160. The van der Waals surface area contributed by atoms with Crippen LogP contribution >= 0.6 is 10.8 Å². The van der Waals surface area contributed by atoms with E-state index >= 15 is 0 Å². The van der Waals surface area contributed by atoms with Gasteiger partial charge in [0, 0.05) is 30.9 Å². The molecule has 2 heterocycles. The highest BCUT2D eigenvalue weighted by atomic mass is 32.3. The first-order valence-electron chi connectivity index (χ1n) is 10.4. The molecule has 2 aliphatic rings. The summed E-state index contributed by atoms with van der Waals surface area (Å²) in [5, 5.41) is 0. The predicted octanol–water partition coefficient (Wildman–Crippen LogP) is 4.56. The zero-order valence-electron chi connectivity index (χ0n) is 17.6. The molecule has 5 rings (SSSR count). The van der Waals surface area contributed by atoms with Crippen molar-refractivity contribution >= 4 is 16.6 Å². The first-order chi connectivity index (χ1) is 15.4. The van der Waals surface area contributed by atoms with Crippen molar-refractivity contribution in [3.05, 3.63) is 72.1 Å². The van der Waals surface area contributed by atoms with Crippen molar-refractivity contribution in [2.45, 2.75) is 29.6 Å². The van der Waals surface area contributed by atoms with E-state index in [0.29, 0.717) is 10.6 Å². The van der Waals surface area contributed by atoms with Crippen LogP contribution in [0.2, 0.25) is 0 Å². The maximum Gasteiger partial charge on any atom is 0.231 e. The van der Waals surface area contributed by atoms with Crippen LogP contribution in [0.4, 0.5) is 0 Å². The maximum atomic E-state index is 13.1. The maximum absolute atomic E-state index is 13.1. The summed E-state index contributed by atoms with van der Waals surface area (Å²) >= 11 is 0. The highest BCUT2D eigenvalue weighted by Gasteiger charge is 2.50. The number of aromatic nitrogens is 1. The highest BCUT2D eigenvalue weighted by molar-refractivity contribution is 8.22. The molecule has 1 saturated carbocycles. The van der Waals surface area contributed by atoms with Gasteiger partial charge in [0.2, 0.25) is 6.79 Å². The fourth-order valence-corrected chi connectivity index (χ4v) is 4.79. The number of hydrogen-bond acceptors (Lipinski definition) is 7. The van der Waals surface area contributed by atoms with E-state index in [1.807, 2.05) is 42.5 Å². The molecule has 8 heteroatoms. The molecule has 0 unspecified atom stereocenters. The molecule has 166 valence electrons. The number of fused-ring (bicyclic) bond motifs is 1. The SMILES string of the molecule is CNS(O)(O)c1ccc(-c2ccc(CC(=O)C3(c4ccc5c(c4)OCO5)CC3)nc2)cc1. The molecule has 1 aliphatic heterocycles. The van der Waals surface area contributed by atoms with Gasteiger partial charge in [-0.2, -0.15) is 0 Å². The van der Waals surface area contributed by atoms with Gasteiger partial charge in [0.15, 0.2) is 11.5 Å². The van der Waals surface area contributed by atoms with Gasteiger partial charge in [0.25, 0.3) is 0 Å². The first kappa shape index (κ1) is 21.0. The summed E-state index contributed by atoms with van der Waals surface area (Å²) in [5.74, 6) is 1.59. The molecule has 1 fully saturated rings. The smallest absolute Gasteiger partial charge is 0.231 e. The van der Waals surface area contributed by atoms with Gasteiger partial charge >= 0.3 is 0 Å². The summed E-state index contributed by atoms with van der Waals surface area (Å²) in [7, 11) is -1.46. The average Bonchev–Trinajstić information content (AvgIpc) is 3.50. The lowest BCUT2D eigenvalue weighted by molar-refractivity contribution is -0.120. The van der Waals surface area contributed by atoms with Gasteiger partial charge in [-0.1, -0.05) is 24.3 Å². The van der Waals surface area contributed by atoms with Gasteiger partial charge in [-0.25, -0.2) is 4.72 Å². The van der Waals surface area contributed by atoms with E-state index in [0.717, 1.165) is 41.0 Å². The van der Waals surface area contributed by atoms with Crippen LogP contribution in [-0.4, -0.2) is 33.7 Å². The van der Waals surface area contributed by atoms with Crippen molar-refractivity contribution in [3.8, 4) is 22.6 Å². The number of ether oxygens (including phenoxy) is 2. The molecule has 0 saturated heterocycles. The summed E-state index contributed by atoms with van der Waals surface area (Å²) < 4.78 is 33.3. The van der Waals surface area contributed by atoms with Gasteiger partial charge < -0.3 is 9.47 Å². The molecule has 1 aliphatic carbocycles. The van der Waals surface area contributed by atoms with Gasteiger partial charge in [-0.05, 0) is 54.3 Å². The number of carbonyl (C=O) groups is 1. The quantitative estimate of drug-likeness (QED) is 0.483. The Kier molecular flexibility index (Phi) is 5.17. The molecular formula is C24H24N2O5S. The molecule has 2 aromatic carbocycles. The Labute approximate surface area is 187 Å². The van der Waals surface area contributed by atoms with E-state index in [-0.39, 0.29) is 19.0 Å². The zero-order valence-corrected chi connectivity index (χ0v) is 18.4. The molecule has 32 heavy (non-hydrogen) atoms. The van der Waals surface area contributed by atoms with Crippen LogP contribution in [-0.2, 0) is 16.6 Å². The fraction of sp³-hybridized carbons (Fsp3) is 0.250. The average molecular weight is 453 g/mol. The summed E-state index contributed by atoms with van der Waals surface area (Å²) in [5.41, 5.74) is 3.06. The van der Waals surface area contributed by atoms with Crippen LogP contribution in [0.25, 0.3) is 11.1 Å². The van der Waals surface area contributed by atoms with E-state index in [4.69, 9.17) is 9.47 Å². The summed E-state index contributed by atoms with van der Waals surface area (Å²) in [4.78, 5) is 18.1. The number of ketones is 1. The molecule has 3 aromatic rings. The van der Waals surface area contributed by atoms with Gasteiger partial charge in [-0.15, -0.1) is 10.8 Å². The number of nitrogens with zero attached hydrogens (tertiary/aromatic N) is 1. The molecule has 0 spiro atoms. The minimum absolute atomic E-state index is 0.165. The van der Waals surface area contributed by atoms with Crippen molar-refractivity contribution in [2.24, 2.45) is 0 Å². The van der Waals surface area contributed by atoms with Crippen LogP contribution in [0.3, 0.4) is 0 Å². The molecule has 0 atom stereocenters.